The third-order valence-electron chi connectivity index (χ3n) is 5.13. The number of Topliss-reactive ketones (excluding diaryl/α,β-unsaturated/α-hetero) is 2. The van der Waals surface area contributed by atoms with Gasteiger partial charge in [0, 0.05) is 31.0 Å². The SMILES string of the molecule is O=C(Cc1ccc(Oc2ccnc3c2CC(=O)C(=O)N3)cc1)Cc1ccc(Cl)c(C(F)(F)F)c1. The van der Waals surface area contributed by atoms with E-state index in [1.807, 2.05) is 0 Å². The number of ether oxygens (including phenoxy) is 1. The number of nitrogens with zero attached hydrogens (tertiary/aromatic N) is 1. The van der Waals surface area contributed by atoms with Crippen LogP contribution < -0.4 is 10.1 Å². The van der Waals surface area contributed by atoms with Crippen molar-refractivity contribution in [2.75, 3.05) is 5.32 Å². The Kier molecular flexibility index (Phi) is 6.39. The molecule has 0 unspecified atom stereocenters. The number of rotatable bonds is 6. The van der Waals surface area contributed by atoms with Gasteiger partial charge in [-0.1, -0.05) is 29.8 Å². The van der Waals surface area contributed by atoms with Gasteiger partial charge in [-0.2, -0.15) is 13.2 Å². The second-order valence-corrected chi connectivity index (χ2v) is 8.05. The molecule has 0 saturated heterocycles. The summed E-state index contributed by atoms with van der Waals surface area (Å²) in [6, 6.07) is 11.6. The van der Waals surface area contributed by atoms with Crippen molar-refractivity contribution in [3.8, 4) is 11.5 Å². The Balaban J connectivity index is 1.41. The van der Waals surface area contributed by atoms with Gasteiger partial charge in [0.05, 0.1) is 10.6 Å². The van der Waals surface area contributed by atoms with Gasteiger partial charge in [0.15, 0.2) is 0 Å². The van der Waals surface area contributed by atoms with E-state index >= 15 is 0 Å². The molecule has 0 spiro atoms. The van der Waals surface area contributed by atoms with E-state index in [9.17, 15) is 27.6 Å². The van der Waals surface area contributed by atoms with E-state index in [1.165, 1.54) is 12.3 Å². The van der Waals surface area contributed by atoms with E-state index in [0.717, 1.165) is 12.1 Å². The average Bonchev–Trinajstić information content (AvgIpc) is 2.77. The molecular weight excluding hydrogens is 473 g/mol. The highest BCUT2D eigenvalue weighted by Gasteiger charge is 2.33. The third-order valence-corrected chi connectivity index (χ3v) is 5.45. The van der Waals surface area contributed by atoms with Gasteiger partial charge >= 0.3 is 6.18 Å². The van der Waals surface area contributed by atoms with Gasteiger partial charge in [-0.15, -0.1) is 0 Å². The van der Waals surface area contributed by atoms with Crippen molar-refractivity contribution in [1.29, 1.82) is 0 Å². The zero-order chi connectivity index (χ0) is 24.5. The van der Waals surface area contributed by atoms with Crippen LogP contribution in [-0.4, -0.2) is 22.5 Å². The number of nitrogens with one attached hydrogen (secondary N) is 1. The van der Waals surface area contributed by atoms with Crippen LogP contribution in [0.25, 0.3) is 0 Å². The van der Waals surface area contributed by atoms with Gasteiger partial charge in [-0.3, -0.25) is 14.4 Å². The second-order valence-electron chi connectivity index (χ2n) is 7.64. The van der Waals surface area contributed by atoms with Gasteiger partial charge in [0.2, 0.25) is 5.78 Å². The number of alkyl halides is 3. The Morgan fingerprint density at radius 1 is 1.03 bits per heavy atom. The summed E-state index contributed by atoms with van der Waals surface area (Å²) in [5, 5.41) is 2.00. The lowest BCUT2D eigenvalue weighted by atomic mass is 10.0. The number of halogens is 4. The highest BCUT2D eigenvalue weighted by Crippen LogP contribution is 2.35. The Labute approximate surface area is 196 Å². The molecule has 1 N–H and O–H groups in total. The number of fused-ring (bicyclic) bond motifs is 1. The number of aromatic nitrogens is 1. The molecule has 174 valence electrons. The van der Waals surface area contributed by atoms with Crippen LogP contribution in [0.1, 0.15) is 22.3 Å². The minimum atomic E-state index is -4.60. The van der Waals surface area contributed by atoms with Gasteiger partial charge in [0.25, 0.3) is 5.91 Å². The topological polar surface area (TPSA) is 85.4 Å². The molecule has 3 aromatic rings. The summed E-state index contributed by atoms with van der Waals surface area (Å²) in [7, 11) is 0. The maximum Gasteiger partial charge on any atom is 0.417 e. The smallest absolute Gasteiger partial charge is 0.417 e. The van der Waals surface area contributed by atoms with Gasteiger partial charge in [-0.25, -0.2) is 4.98 Å². The number of benzene rings is 2. The van der Waals surface area contributed by atoms with Crippen LogP contribution in [-0.2, 0) is 39.8 Å². The van der Waals surface area contributed by atoms with Crippen LogP contribution in [0.4, 0.5) is 19.0 Å². The van der Waals surface area contributed by atoms with Gasteiger partial charge < -0.3 is 10.1 Å². The molecule has 0 atom stereocenters. The second kappa shape index (κ2) is 9.26. The van der Waals surface area contributed by atoms with E-state index in [1.54, 1.807) is 30.3 Å². The van der Waals surface area contributed by atoms with Crippen LogP contribution in [0.15, 0.2) is 54.7 Å². The number of amides is 1. The number of hydrogen-bond donors (Lipinski definition) is 1. The monoisotopic (exact) mass is 488 g/mol. The molecule has 0 bridgehead atoms. The van der Waals surface area contributed by atoms with E-state index in [-0.39, 0.29) is 36.4 Å². The largest absolute Gasteiger partial charge is 0.457 e. The number of ketones is 2. The molecule has 2 aromatic carbocycles. The molecule has 1 aromatic heterocycles. The summed E-state index contributed by atoms with van der Waals surface area (Å²) >= 11 is 5.62. The van der Waals surface area contributed by atoms with Crippen molar-refractivity contribution < 1.29 is 32.3 Å². The number of pyridine rings is 1. The van der Waals surface area contributed by atoms with Crippen molar-refractivity contribution in [3.05, 3.63) is 82.0 Å². The van der Waals surface area contributed by atoms with E-state index < -0.39 is 28.5 Å². The zero-order valence-electron chi connectivity index (χ0n) is 17.4. The first-order chi connectivity index (χ1) is 16.1. The molecule has 34 heavy (non-hydrogen) atoms. The fourth-order valence-corrected chi connectivity index (χ4v) is 3.71. The first-order valence-electron chi connectivity index (χ1n) is 10.1. The summed E-state index contributed by atoms with van der Waals surface area (Å²) < 4.78 is 44.9. The molecule has 1 aliphatic rings. The van der Waals surface area contributed by atoms with Crippen molar-refractivity contribution in [2.24, 2.45) is 0 Å². The molecule has 0 fully saturated rings. The Hall–Kier alpha value is -3.72. The van der Waals surface area contributed by atoms with E-state index in [0.29, 0.717) is 22.6 Å². The number of carbonyl (C=O) groups is 3. The lowest BCUT2D eigenvalue weighted by molar-refractivity contribution is -0.137. The van der Waals surface area contributed by atoms with Crippen LogP contribution in [0.2, 0.25) is 5.02 Å². The maximum absolute atomic E-state index is 13.0. The first kappa shape index (κ1) is 23.4. The lowest BCUT2D eigenvalue weighted by Gasteiger charge is -2.18. The van der Waals surface area contributed by atoms with Crippen molar-refractivity contribution in [1.82, 2.24) is 4.98 Å². The van der Waals surface area contributed by atoms with Gasteiger partial charge in [-0.05, 0) is 41.5 Å². The molecule has 0 aliphatic carbocycles. The van der Waals surface area contributed by atoms with Crippen LogP contribution in [0.3, 0.4) is 0 Å². The highest BCUT2D eigenvalue weighted by molar-refractivity contribution is 6.42. The van der Waals surface area contributed by atoms with Crippen LogP contribution in [0.5, 0.6) is 11.5 Å². The summed E-state index contributed by atoms with van der Waals surface area (Å²) in [5.74, 6) is -0.518. The van der Waals surface area contributed by atoms with Crippen LogP contribution >= 0.6 is 11.6 Å². The fourth-order valence-electron chi connectivity index (χ4n) is 3.49. The van der Waals surface area contributed by atoms with E-state index in [4.69, 9.17) is 16.3 Å². The Morgan fingerprint density at radius 3 is 2.41 bits per heavy atom. The third kappa shape index (κ3) is 5.26. The minimum Gasteiger partial charge on any atom is -0.457 e. The summed E-state index contributed by atoms with van der Waals surface area (Å²) in [6.45, 7) is 0. The predicted molar refractivity (Wildman–Crippen MR) is 117 cm³/mol. The molecule has 6 nitrogen and oxygen atoms in total. The summed E-state index contributed by atoms with van der Waals surface area (Å²) in [6.07, 6.45) is -3.42. The predicted octanol–water partition coefficient (Wildman–Crippen LogP) is 4.96. The minimum absolute atomic E-state index is 0.0233. The summed E-state index contributed by atoms with van der Waals surface area (Å²) in [4.78, 5) is 39.7. The summed E-state index contributed by atoms with van der Waals surface area (Å²) in [5.41, 5.74) is 0.375. The first-order valence-corrected chi connectivity index (χ1v) is 10.4. The molecule has 2 heterocycles. The van der Waals surface area contributed by atoms with Crippen LogP contribution in [0, 0.1) is 0 Å². The van der Waals surface area contributed by atoms with Crippen molar-refractivity contribution in [3.63, 3.8) is 0 Å². The highest BCUT2D eigenvalue weighted by atomic mass is 35.5. The average molecular weight is 489 g/mol. The maximum atomic E-state index is 13.0. The number of anilines is 1. The Morgan fingerprint density at radius 2 is 1.71 bits per heavy atom. The molecule has 4 rings (SSSR count). The van der Waals surface area contributed by atoms with Gasteiger partial charge in [0.1, 0.15) is 23.1 Å². The number of carbonyl (C=O) groups excluding carboxylic acids is 3. The Bertz CT molecular complexity index is 1290. The fraction of sp³-hybridized carbons (Fsp3) is 0.167. The van der Waals surface area contributed by atoms with Crippen molar-refractivity contribution >= 4 is 34.9 Å². The van der Waals surface area contributed by atoms with E-state index in [2.05, 4.69) is 10.3 Å². The molecule has 0 saturated carbocycles. The molecule has 10 heteroatoms. The quantitative estimate of drug-likeness (QED) is 0.495. The molecular formula is C24H16ClF3N2O4. The molecule has 0 radical (unpaired) electrons. The zero-order valence-corrected chi connectivity index (χ0v) is 18.2. The molecule has 1 amide bonds. The van der Waals surface area contributed by atoms with Crippen molar-refractivity contribution in [2.45, 2.75) is 25.4 Å². The normalized spacial score (nSPS) is 13.3. The standard InChI is InChI=1S/C24H16ClF3N2O4/c25-19-6-3-14(11-18(19)24(26,27)28)10-15(31)9-13-1-4-16(5-2-13)34-21-7-8-29-22-17(21)12-20(32)23(33)30-22/h1-8,11H,9-10,12H2,(H,29,30,33). The number of hydrogen-bond acceptors (Lipinski definition) is 5. The lowest BCUT2D eigenvalue weighted by Crippen LogP contribution is -2.30. The molecule has 1 aliphatic heterocycles.